The maximum Gasteiger partial charge on any atom is 0.251 e. The highest BCUT2D eigenvalue weighted by atomic mass is 19.1. The van der Waals surface area contributed by atoms with Crippen molar-refractivity contribution < 1.29 is 13.6 Å². The van der Waals surface area contributed by atoms with Gasteiger partial charge in [-0.3, -0.25) is 9.48 Å². The average Bonchev–Trinajstić information content (AvgIpc) is 2.81. The Balaban J connectivity index is 1.95. The van der Waals surface area contributed by atoms with Crippen molar-refractivity contribution in [1.82, 2.24) is 15.1 Å². The van der Waals surface area contributed by atoms with Gasteiger partial charge in [0.25, 0.3) is 5.91 Å². The number of aromatic nitrogens is 2. The average molecular weight is 280 g/mol. The van der Waals surface area contributed by atoms with Gasteiger partial charge >= 0.3 is 0 Å². The van der Waals surface area contributed by atoms with E-state index in [1.54, 1.807) is 17.9 Å². The number of aryl methyl sites for hydroxylation is 1. The number of rotatable bonds is 4. The summed E-state index contributed by atoms with van der Waals surface area (Å²) in [6.45, 7) is 0.323. The molecule has 106 valence electrons. The largest absolute Gasteiger partial charge is 0.394 e. The predicted molar refractivity (Wildman–Crippen MR) is 70.0 cm³/mol. The molecule has 2 aromatic rings. The van der Waals surface area contributed by atoms with E-state index in [-0.39, 0.29) is 5.56 Å². The van der Waals surface area contributed by atoms with E-state index >= 15 is 0 Å². The van der Waals surface area contributed by atoms with Crippen molar-refractivity contribution in [2.24, 2.45) is 7.05 Å². The zero-order valence-electron chi connectivity index (χ0n) is 10.9. The van der Waals surface area contributed by atoms with Crippen LogP contribution >= 0.6 is 0 Å². The molecule has 2 rings (SSSR count). The summed E-state index contributed by atoms with van der Waals surface area (Å²) in [5, 5.41) is 6.72. The fourth-order valence-corrected chi connectivity index (χ4v) is 1.72. The lowest BCUT2D eigenvalue weighted by Gasteiger charge is -2.06. The van der Waals surface area contributed by atoms with Gasteiger partial charge in [0.05, 0.1) is 5.69 Å². The minimum Gasteiger partial charge on any atom is -0.394 e. The standard InChI is InChI=1S/C13H14F2N4O/c1-19-5-3-9(18-19)2-4-17-13(20)8-6-10(14)12(16)11(15)7-8/h3,5-7H,2,4,16H2,1H3,(H,17,20). The maximum absolute atomic E-state index is 13.2. The van der Waals surface area contributed by atoms with Crippen LogP contribution in [0.3, 0.4) is 0 Å². The molecule has 0 fully saturated rings. The number of nitrogens with two attached hydrogens (primary N) is 1. The molecule has 0 aliphatic carbocycles. The SMILES string of the molecule is Cn1ccc(CCNC(=O)c2cc(F)c(N)c(F)c2)n1. The number of benzene rings is 1. The van der Waals surface area contributed by atoms with Gasteiger partial charge in [0, 0.05) is 31.8 Å². The van der Waals surface area contributed by atoms with E-state index in [0.29, 0.717) is 13.0 Å². The van der Waals surface area contributed by atoms with Crippen molar-refractivity contribution in [1.29, 1.82) is 0 Å². The Kier molecular flexibility index (Phi) is 3.97. The third kappa shape index (κ3) is 3.11. The quantitative estimate of drug-likeness (QED) is 0.828. The van der Waals surface area contributed by atoms with Crippen molar-refractivity contribution >= 4 is 11.6 Å². The molecule has 0 bridgehead atoms. The molecular weight excluding hydrogens is 266 g/mol. The number of nitrogen functional groups attached to an aromatic ring is 1. The minimum atomic E-state index is -0.945. The predicted octanol–water partition coefficient (Wildman–Crippen LogP) is 1.25. The molecule has 0 unspecified atom stereocenters. The van der Waals surface area contributed by atoms with Crippen LogP contribution in [-0.2, 0) is 13.5 Å². The number of anilines is 1. The lowest BCUT2D eigenvalue weighted by Crippen LogP contribution is -2.26. The van der Waals surface area contributed by atoms with Crippen molar-refractivity contribution in [3.8, 4) is 0 Å². The molecule has 5 nitrogen and oxygen atoms in total. The van der Waals surface area contributed by atoms with E-state index in [2.05, 4.69) is 10.4 Å². The Hall–Kier alpha value is -2.44. The Labute approximate surface area is 114 Å². The zero-order chi connectivity index (χ0) is 14.7. The summed E-state index contributed by atoms with van der Waals surface area (Å²) in [4.78, 5) is 11.7. The summed E-state index contributed by atoms with van der Waals surface area (Å²) in [6, 6.07) is 3.65. The summed E-state index contributed by atoms with van der Waals surface area (Å²) >= 11 is 0. The van der Waals surface area contributed by atoms with E-state index in [9.17, 15) is 13.6 Å². The maximum atomic E-state index is 13.2. The molecule has 0 aliphatic rings. The highest BCUT2D eigenvalue weighted by Crippen LogP contribution is 2.17. The molecule has 1 aromatic carbocycles. The highest BCUT2D eigenvalue weighted by molar-refractivity contribution is 5.94. The van der Waals surface area contributed by atoms with Gasteiger partial charge in [0.15, 0.2) is 0 Å². The second kappa shape index (κ2) is 5.68. The summed E-state index contributed by atoms with van der Waals surface area (Å²) in [5.74, 6) is -2.45. The van der Waals surface area contributed by atoms with Gasteiger partial charge in [0.1, 0.15) is 17.3 Å². The molecule has 0 atom stereocenters. The van der Waals surface area contributed by atoms with Gasteiger partial charge < -0.3 is 11.1 Å². The van der Waals surface area contributed by atoms with Gasteiger partial charge in [0.2, 0.25) is 0 Å². The second-order valence-corrected chi connectivity index (χ2v) is 4.34. The second-order valence-electron chi connectivity index (χ2n) is 4.34. The zero-order valence-corrected chi connectivity index (χ0v) is 10.9. The van der Waals surface area contributed by atoms with Gasteiger partial charge in [-0.05, 0) is 18.2 Å². The summed E-state index contributed by atoms with van der Waals surface area (Å²) in [7, 11) is 1.79. The van der Waals surface area contributed by atoms with E-state index in [1.165, 1.54) is 0 Å². The van der Waals surface area contributed by atoms with Crippen LogP contribution in [0.4, 0.5) is 14.5 Å². The molecule has 1 aromatic heterocycles. The first-order valence-corrected chi connectivity index (χ1v) is 5.98. The Morgan fingerprint density at radius 3 is 2.60 bits per heavy atom. The lowest BCUT2D eigenvalue weighted by molar-refractivity contribution is 0.0953. The first kappa shape index (κ1) is 14.0. The summed E-state index contributed by atoms with van der Waals surface area (Å²) < 4.78 is 28.1. The van der Waals surface area contributed by atoms with Crippen LogP contribution in [0.5, 0.6) is 0 Å². The van der Waals surface area contributed by atoms with Crippen molar-refractivity contribution in [2.75, 3.05) is 12.3 Å². The third-order valence-corrected chi connectivity index (χ3v) is 2.78. The van der Waals surface area contributed by atoms with Crippen LogP contribution in [0.1, 0.15) is 16.1 Å². The molecule has 3 N–H and O–H groups in total. The first-order valence-electron chi connectivity index (χ1n) is 5.98. The molecule has 0 aliphatic heterocycles. The van der Waals surface area contributed by atoms with Crippen molar-refractivity contribution in [3.63, 3.8) is 0 Å². The van der Waals surface area contributed by atoms with E-state index in [1.807, 2.05) is 6.07 Å². The molecular formula is C13H14F2N4O. The molecule has 20 heavy (non-hydrogen) atoms. The summed E-state index contributed by atoms with van der Waals surface area (Å²) in [5.41, 5.74) is 5.27. The molecule has 1 amide bonds. The third-order valence-electron chi connectivity index (χ3n) is 2.78. The fraction of sp³-hybridized carbons (Fsp3) is 0.231. The molecule has 0 radical (unpaired) electrons. The molecule has 0 spiro atoms. The van der Waals surface area contributed by atoms with Gasteiger partial charge in [-0.2, -0.15) is 5.10 Å². The van der Waals surface area contributed by atoms with Crippen LogP contribution in [-0.4, -0.2) is 22.2 Å². The number of hydrogen-bond donors (Lipinski definition) is 2. The normalized spacial score (nSPS) is 10.6. The van der Waals surface area contributed by atoms with E-state index in [0.717, 1.165) is 17.8 Å². The van der Waals surface area contributed by atoms with Crippen LogP contribution in [0, 0.1) is 11.6 Å². The molecule has 0 saturated heterocycles. The van der Waals surface area contributed by atoms with Crippen LogP contribution in [0.2, 0.25) is 0 Å². The Morgan fingerprint density at radius 1 is 1.40 bits per heavy atom. The van der Waals surface area contributed by atoms with Crippen LogP contribution < -0.4 is 11.1 Å². The molecule has 0 saturated carbocycles. The van der Waals surface area contributed by atoms with Gasteiger partial charge in [-0.25, -0.2) is 8.78 Å². The van der Waals surface area contributed by atoms with Crippen LogP contribution in [0.15, 0.2) is 24.4 Å². The van der Waals surface area contributed by atoms with Crippen molar-refractivity contribution in [3.05, 3.63) is 47.3 Å². The smallest absolute Gasteiger partial charge is 0.251 e. The first-order chi connectivity index (χ1) is 9.47. The number of carbonyl (C=O) groups is 1. The Morgan fingerprint density at radius 2 is 2.05 bits per heavy atom. The number of halogens is 2. The molecule has 7 heteroatoms. The van der Waals surface area contributed by atoms with Crippen molar-refractivity contribution in [2.45, 2.75) is 6.42 Å². The van der Waals surface area contributed by atoms with Gasteiger partial charge in [-0.15, -0.1) is 0 Å². The fourth-order valence-electron chi connectivity index (χ4n) is 1.72. The van der Waals surface area contributed by atoms with Crippen LogP contribution in [0.25, 0.3) is 0 Å². The summed E-state index contributed by atoms with van der Waals surface area (Å²) in [6.07, 6.45) is 2.33. The number of nitrogens with zero attached hydrogens (tertiary/aromatic N) is 2. The van der Waals surface area contributed by atoms with Gasteiger partial charge in [-0.1, -0.05) is 0 Å². The topological polar surface area (TPSA) is 72.9 Å². The number of carbonyl (C=O) groups excluding carboxylic acids is 1. The Bertz CT molecular complexity index is 616. The monoisotopic (exact) mass is 280 g/mol. The number of hydrogen-bond acceptors (Lipinski definition) is 3. The highest BCUT2D eigenvalue weighted by Gasteiger charge is 2.12. The number of nitrogens with one attached hydrogen (secondary N) is 1. The lowest BCUT2D eigenvalue weighted by atomic mass is 10.1. The minimum absolute atomic E-state index is 0.102. The molecule has 1 heterocycles. The van der Waals surface area contributed by atoms with E-state index < -0.39 is 23.2 Å². The number of amides is 1. The van der Waals surface area contributed by atoms with E-state index in [4.69, 9.17) is 5.73 Å².